The average Bonchev–Trinajstić information content (AvgIpc) is 3.17. The molecule has 1 spiro atoms. The van der Waals surface area contributed by atoms with Crippen LogP contribution >= 0.6 is 0 Å². The molecule has 2 fully saturated rings. The molecule has 0 bridgehead atoms. The summed E-state index contributed by atoms with van der Waals surface area (Å²) in [5, 5.41) is 5.57. The Morgan fingerprint density at radius 2 is 2.18 bits per heavy atom. The normalized spacial score (nSPS) is 31.3. The second-order valence-electron chi connectivity index (χ2n) is 6.29. The maximum absolute atomic E-state index is 11.7. The molecule has 1 saturated heterocycles. The molecule has 0 radical (unpaired) electrons. The third kappa shape index (κ3) is 3.81. The number of carbonyl (C=O) groups is 1. The summed E-state index contributed by atoms with van der Waals surface area (Å²) in [6.45, 7) is 3.65. The number of furan rings is 1. The Labute approximate surface area is 130 Å². The number of hydrogen-bond acceptors (Lipinski definition) is 4. The van der Waals surface area contributed by atoms with Crippen molar-refractivity contribution in [1.82, 2.24) is 10.6 Å². The molecule has 2 N–H and O–H groups in total. The molecule has 122 valence electrons. The summed E-state index contributed by atoms with van der Waals surface area (Å²) in [4.78, 5) is 11.7. The van der Waals surface area contributed by atoms with Crippen LogP contribution in [0, 0.1) is 5.92 Å². The fourth-order valence-corrected chi connectivity index (χ4v) is 3.03. The van der Waals surface area contributed by atoms with E-state index in [4.69, 9.17) is 13.9 Å². The Kier molecular flexibility index (Phi) is 4.69. The molecule has 2 heterocycles. The molecule has 6 heteroatoms. The first-order valence-electron chi connectivity index (χ1n) is 8.01. The Balaban J connectivity index is 1.36. The topological polar surface area (TPSA) is 72.7 Å². The van der Waals surface area contributed by atoms with Crippen LogP contribution in [0.2, 0.25) is 0 Å². The van der Waals surface area contributed by atoms with Gasteiger partial charge in [0, 0.05) is 19.4 Å². The lowest BCUT2D eigenvalue weighted by Crippen LogP contribution is -2.41. The predicted molar refractivity (Wildman–Crippen MR) is 80.1 cm³/mol. The second-order valence-corrected chi connectivity index (χ2v) is 6.29. The van der Waals surface area contributed by atoms with Crippen LogP contribution in [0.5, 0.6) is 0 Å². The minimum atomic E-state index is -0.399. The van der Waals surface area contributed by atoms with Gasteiger partial charge in [-0.3, -0.25) is 0 Å². The standard InChI is InChI=1S/C16H24N2O4/c1-12-4-6-16(7-5-12)21-11-14(22-16)10-18-15(19)17-9-13-3-2-8-20-13/h2-3,8,12,14H,4-7,9-11H2,1H3,(H2,17,18,19). The van der Waals surface area contributed by atoms with E-state index in [0.29, 0.717) is 19.7 Å². The molecule has 6 nitrogen and oxygen atoms in total. The van der Waals surface area contributed by atoms with Gasteiger partial charge in [0.05, 0.1) is 19.4 Å². The Morgan fingerprint density at radius 1 is 1.36 bits per heavy atom. The number of rotatable bonds is 4. The molecule has 1 aromatic rings. The molecule has 1 aliphatic heterocycles. The van der Waals surface area contributed by atoms with Crippen molar-refractivity contribution in [2.75, 3.05) is 13.2 Å². The van der Waals surface area contributed by atoms with Gasteiger partial charge in [0.15, 0.2) is 5.79 Å². The second kappa shape index (κ2) is 6.71. The molecule has 1 aromatic heterocycles. The van der Waals surface area contributed by atoms with Gasteiger partial charge in [0.2, 0.25) is 0 Å². The van der Waals surface area contributed by atoms with Crippen molar-refractivity contribution in [1.29, 1.82) is 0 Å². The number of nitrogens with one attached hydrogen (secondary N) is 2. The smallest absolute Gasteiger partial charge is 0.315 e. The Hall–Kier alpha value is -1.53. The van der Waals surface area contributed by atoms with Crippen molar-refractivity contribution in [2.45, 2.75) is 51.0 Å². The van der Waals surface area contributed by atoms with Gasteiger partial charge in [-0.2, -0.15) is 0 Å². The largest absolute Gasteiger partial charge is 0.467 e. The number of ether oxygens (including phenoxy) is 2. The van der Waals surface area contributed by atoms with Gasteiger partial charge < -0.3 is 24.5 Å². The van der Waals surface area contributed by atoms with E-state index < -0.39 is 5.79 Å². The van der Waals surface area contributed by atoms with Gasteiger partial charge in [-0.25, -0.2) is 4.79 Å². The third-order valence-corrected chi connectivity index (χ3v) is 4.44. The van der Waals surface area contributed by atoms with Crippen molar-refractivity contribution in [3.63, 3.8) is 0 Å². The van der Waals surface area contributed by atoms with Crippen molar-refractivity contribution < 1.29 is 18.7 Å². The highest BCUT2D eigenvalue weighted by Gasteiger charge is 2.43. The van der Waals surface area contributed by atoms with E-state index in [0.717, 1.165) is 37.4 Å². The van der Waals surface area contributed by atoms with Crippen LogP contribution in [0.3, 0.4) is 0 Å². The lowest BCUT2D eigenvalue weighted by Gasteiger charge is -2.34. The minimum absolute atomic E-state index is 0.0669. The molecule has 2 aliphatic rings. The lowest BCUT2D eigenvalue weighted by atomic mass is 9.86. The maximum Gasteiger partial charge on any atom is 0.315 e. The Morgan fingerprint density at radius 3 is 2.91 bits per heavy atom. The number of carbonyl (C=O) groups excluding carboxylic acids is 1. The summed E-state index contributed by atoms with van der Waals surface area (Å²) in [6, 6.07) is 3.39. The van der Waals surface area contributed by atoms with E-state index in [1.807, 2.05) is 6.07 Å². The molecular weight excluding hydrogens is 284 g/mol. The first-order valence-corrected chi connectivity index (χ1v) is 8.01. The van der Waals surface area contributed by atoms with Gasteiger partial charge >= 0.3 is 6.03 Å². The SMILES string of the molecule is CC1CCC2(CC1)OCC(CNC(=O)NCc1ccco1)O2. The molecule has 1 unspecified atom stereocenters. The zero-order chi connectivity index (χ0) is 15.4. The fourth-order valence-electron chi connectivity index (χ4n) is 3.03. The predicted octanol–water partition coefficient (Wildman–Crippen LogP) is 2.40. The first kappa shape index (κ1) is 15.4. The summed E-state index contributed by atoms with van der Waals surface area (Å²) in [5.41, 5.74) is 0. The quantitative estimate of drug-likeness (QED) is 0.896. The van der Waals surface area contributed by atoms with Gasteiger partial charge in [0.25, 0.3) is 0 Å². The van der Waals surface area contributed by atoms with Crippen molar-refractivity contribution in [3.8, 4) is 0 Å². The number of amides is 2. The van der Waals surface area contributed by atoms with Crippen LogP contribution in [0.1, 0.15) is 38.4 Å². The lowest BCUT2D eigenvalue weighted by molar-refractivity contribution is -0.191. The fraction of sp³-hybridized carbons (Fsp3) is 0.688. The maximum atomic E-state index is 11.7. The molecule has 0 aromatic carbocycles. The van der Waals surface area contributed by atoms with Crippen LogP contribution in [-0.4, -0.2) is 31.1 Å². The van der Waals surface area contributed by atoms with Crippen molar-refractivity contribution in [2.24, 2.45) is 5.92 Å². The number of urea groups is 1. The minimum Gasteiger partial charge on any atom is -0.467 e. The van der Waals surface area contributed by atoms with Crippen molar-refractivity contribution >= 4 is 6.03 Å². The highest BCUT2D eigenvalue weighted by atomic mass is 16.7. The van der Waals surface area contributed by atoms with Gasteiger partial charge in [-0.05, 0) is 30.9 Å². The summed E-state index contributed by atoms with van der Waals surface area (Å²) in [6.07, 6.45) is 5.71. The highest BCUT2D eigenvalue weighted by Crippen LogP contribution is 2.39. The molecule has 1 aliphatic carbocycles. The summed E-state index contributed by atoms with van der Waals surface area (Å²) in [7, 11) is 0. The van der Waals surface area contributed by atoms with E-state index in [-0.39, 0.29) is 12.1 Å². The van der Waals surface area contributed by atoms with E-state index in [1.54, 1.807) is 12.3 Å². The van der Waals surface area contributed by atoms with Gasteiger partial charge in [-0.1, -0.05) is 6.92 Å². The molecule has 1 atom stereocenters. The average molecular weight is 308 g/mol. The zero-order valence-corrected chi connectivity index (χ0v) is 13.0. The van der Waals surface area contributed by atoms with Gasteiger partial charge in [0.1, 0.15) is 11.9 Å². The van der Waals surface area contributed by atoms with Crippen LogP contribution in [0.25, 0.3) is 0 Å². The van der Waals surface area contributed by atoms with E-state index >= 15 is 0 Å². The van der Waals surface area contributed by atoms with E-state index in [9.17, 15) is 4.79 Å². The van der Waals surface area contributed by atoms with Crippen LogP contribution in [0.4, 0.5) is 4.79 Å². The molecule has 22 heavy (non-hydrogen) atoms. The summed E-state index contributed by atoms with van der Waals surface area (Å²) >= 11 is 0. The summed E-state index contributed by atoms with van der Waals surface area (Å²) < 4.78 is 17.1. The molecule has 2 amide bonds. The van der Waals surface area contributed by atoms with E-state index in [2.05, 4.69) is 17.6 Å². The third-order valence-electron chi connectivity index (χ3n) is 4.44. The highest BCUT2D eigenvalue weighted by molar-refractivity contribution is 5.73. The molecule has 1 saturated carbocycles. The zero-order valence-electron chi connectivity index (χ0n) is 13.0. The van der Waals surface area contributed by atoms with Crippen LogP contribution < -0.4 is 10.6 Å². The van der Waals surface area contributed by atoms with Crippen LogP contribution in [0.15, 0.2) is 22.8 Å². The summed E-state index contributed by atoms with van der Waals surface area (Å²) in [5.74, 6) is 1.08. The van der Waals surface area contributed by atoms with E-state index in [1.165, 1.54) is 0 Å². The number of hydrogen-bond donors (Lipinski definition) is 2. The van der Waals surface area contributed by atoms with Crippen molar-refractivity contribution in [3.05, 3.63) is 24.2 Å². The monoisotopic (exact) mass is 308 g/mol. The first-order chi connectivity index (χ1) is 10.7. The molecule has 3 rings (SSSR count). The van der Waals surface area contributed by atoms with Crippen LogP contribution in [-0.2, 0) is 16.0 Å². The molecular formula is C16H24N2O4. The Bertz CT molecular complexity index is 480. The van der Waals surface area contributed by atoms with Gasteiger partial charge in [-0.15, -0.1) is 0 Å².